The molecule has 1 unspecified atom stereocenters. The SMILES string of the molecule is CC(C(=O)N1CC(N2CCCCC2)C1)c1ccccc1. The van der Waals surface area contributed by atoms with E-state index in [0.29, 0.717) is 6.04 Å². The molecule has 20 heavy (non-hydrogen) atoms. The Morgan fingerprint density at radius 3 is 2.40 bits per heavy atom. The van der Waals surface area contributed by atoms with Crippen LogP contribution < -0.4 is 0 Å². The maximum absolute atomic E-state index is 12.5. The molecule has 2 fully saturated rings. The molecule has 0 spiro atoms. The molecule has 2 aliphatic rings. The van der Waals surface area contributed by atoms with Crippen LogP contribution >= 0.6 is 0 Å². The van der Waals surface area contributed by atoms with Crippen LogP contribution in [0.5, 0.6) is 0 Å². The quantitative estimate of drug-likeness (QED) is 0.844. The van der Waals surface area contributed by atoms with Crippen LogP contribution in [-0.2, 0) is 4.79 Å². The van der Waals surface area contributed by atoms with Crippen LogP contribution in [0, 0.1) is 0 Å². The van der Waals surface area contributed by atoms with E-state index in [0.717, 1.165) is 18.7 Å². The molecule has 1 atom stereocenters. The lowest BCUT2D eigenvalue weighted by Crippen LogP contribution is -2.62. The topological polar surface area (TPSA) is 23.6 Å². The number of amides is 1. The van der Waals surface area contributed by atoms with E-state index in [1.54, 1.807) is 0 Å². The Morgan fingerprint density at radius 2 is 1.75 bits per heavy atom. The van der Waals surface area contributed by atoms with E-state index >= 15 is 0 Å². The average Bonchev–Trinajstić information content (AvgIpc) is 2.47. The van der Waals surface area contributed by atoms with Gasteiger partial charge in [-0.25, -0.2) is 0 Å². The molecule has 2 saturated heterocycles. The molecular weight excluding hydrogens is 248 g/mol. The van der Waals surface area contributed by atoms with Gasteiger partial charge in [-0.2, -0.15) is 0 Å². The fourth-order valence-corrected chi connectivity index (χ4v) is 3.31. The smallest absolute Gasteiger partial charge is 0.229 e. The van der Waals surface area contributed by atoms with Crippen LogP contribution in [0.1, 0.15) is 37.7 Å². The maximum atomic E-state index is 12.5. The molecule has 2 aliphatic heterocycles. The Kier molecular flexibility index (Phi) is 4.06. The van der Waals surface area contributed by atoms with Crippen LogP contribution in [-0.4, -0.2) is 47.9 Å². The molecule has 0 bridgehead atoms. The number of carbonyl (C=O) groups is 1. The van der Waals surface area contributed by atoms with Gasteiger partial charge in [0.25, 0.3) is 0 Å². The largest absolute Gasteiger partial charge is 0.339 e. The lowest BCUT2D eigenvalue weighted by atomic mass is 9.96. The molecular formula is C17H24N2O. The molecule has 3 nitrogen and oxygen atoms in total. The Labute approximate surface area is 121 Å². The molecule has 3 rings (SSSR count). The lowest BCUT2D eigenvalue weighted by Gasteiger charge is -2.47. The van der Waals surface area contributed by atoms with Crippen molar-refractivity contribution in [1.82, 2.24) is 9.80 Å². The van der Waals surface area contributed by atoms with Crippen LogP contribution in [0.15, 0.2) is 30.3 Å². The predicted molar refractivity (Wildman–Crippen MR) is 80.6 cm³/mol. The lowest BCUT2D eigenvalue weighted by molar-refractivity contribution is -0.140. The van der Waals surface area contributed by atoms with E-state index in [1.165, 1.54) is 32.4 Å². The highest BCUT2D eigenvalue weighted by atomic mass is 16.2. The number of likely N-dealkylation sites (tertiary alicyclic amines) is 2. The van der Waals surface area contributed by atoms with Gasteiger partial charge < -0.3 is 4.90 Å². The van der Waals surface area contributed by atoms with Crippen LogP contribution in [0.2, 0.25) is 0 Å². The second kappa shape index (κ2) is 5.96. The molecule has 2 heterocycles. The molecule has 108 valence electrons. The van der Waals surface area contributed by atoms with E-state index in [9.17, 15) is 4.79 Å². The van der Waals surface area contributed by atoms with Gasteiger partial charge in [0.2, 0.25) is 5.91 Å². The van der Waals surface area contributed by atoms with Crippen molar-refractivity contribution < 1.29 is 4.79 Å². The molecule has 1 aromatic rings. The molecule has 1 aromatic carbocycles. The summed E-state index contributed by atoms with van der Waals surface area (Å²) >= 11 is 0. The van der Waals surface area contributed by atoms with E-state index in [2.05, 4.69) is 4.90 Å². The number of nitrogens with zero attached hydrogens (tertiary/aromatic N) is 2. The number of piperidine rings is 1. The van der Waals surface area contributed by atoms with Gasteiger partial charge in [-0.05, 0) is 38.4 Å². The van der Waals surface area contributed by atoms with Gasteiger partial charge in [-0.15, -0.1) is 0 Å². The average molecular weight is 272 g/mol. The second-order valence-corrected chi connectivity index (χ2v) is 6.13. The van der Waals surface area contributed by atoms with Crippen molar-refractivity contribution in [2.75, 3.05) is 26.2 Å². The molecule has 0 aromatic heterocycles. The molecule has 0 N–H and O–H groups in total. The Morgan fingerprint density at radius 1 is 1.10 bits per heavy atom. The van der Waals surface area contributed by atoms with E-state index < -0.39 is 0 Å². The fourth-order valence-electron chi connectivity index (χ4n) is 3.31. The third-order valence-electron chi connectivity index (χ3n) is 4.75. The van der Waals surface area contributed by atoms with Crippen molar-refractivity contribution in [3.05, 3.63) is 35.9 Å². The summed E-state index contributed by atoms with van der Waals surface area (Å²) in [6, 6.07) is 10.7. The van der Waals surface area contributed by atoms with E-state index in [-0.39, 0.29) is 11.8 Å². The first-order valence-electron chi connectivity index (χ1n) is 7.83. The summed E-state index contributed by atoms with van der Waals surface area (Å²) in [5.41, 5.74) is 1.12. The fraction of sp³-hybridized carbons (Fsp3) is 0.588. The summed E-state index contributed by atoms with van der Waals surface area (Å²) in [4.78, 5) is 17.1. The van der Waals surface area contributed by atoms with Gasteiger partial charge in [0.1, 0.15) is 0 Å². The van der Waals surface area contributed by atoms with E-state index in [4.69, 9.17) is 0 Å². The van der Waals surface area contributed by atoms with Gasteiger partial charge in [-0.1, -0.05) is 36.8 Å². The zero-order valence-electron chi connectivity index (χ0n) is 12.3. The van der Waals surface area contributed by atoms with Crippen LogP contribution in [0.3, 0.4) is 0 Å². The molecule has 0 radical (unpaired) electrons. The first kappa shape index (κ1) is 13.6. The number of benzene rings is 1. The normalized spacial score (nSPS) is 22.4. The summed E-state index contributed by atoms with van der Waals surface area (Å²) in [5.74, 6) is 0.267. The first-order chi connectivity index (χ1) is 9.75. The monoisotopic (exact) mass is 272 g/mol. The van der Waals surface area contributed by atoms with Gasteiger partial charge in [0.05, 0.1) is 5.92 Å². The number of hydrogen-bond donors (Lipinski definition) is 0. The van der Waals surface area contributed by atoms with Crippen molar-refractivity contribution in [3.8, 4) is 0 Å². The zero-order valence-corrected chi connectivity index (χ0v) is 12.3. The third kappa shape index (κ3) is 2.73. The zero-order chi connectivity index (χ0) is 13.9. The van der Waals surface area contributed by atoms with Gasteiger partial charge >= 0.3 is 0 Å². The molecule has 1 amide bonds. The van der Waals surface area contributed by atoms with Gasteiger partial charge in [0, 0.05) is 19.1 Å². The first-order valence-corrected chi connectivity index (χ1v) is 7.83. The van der Waals surface area contributed by atoms with Crippen molar-refractivity contribution in [3.63, 3.8) is 0 Å². The van der Waals surface area contributed by atoms with Crippen LogP contribution in [0.4, 0.5) is 0 Å². The second-order valence-electron chi connectivity index (χ2n) is 6.13. The third-order valence-corrected chi connectivity index (χ3v) is 4.75. The molecule has 3 heteroatoms. The highest BCUT2D eigenvalue weighted by Gasteiger charge is 2.36. The highest BCUT2D eigenvalue weighted by molar-refractivity contribution is 5.84. The van der Waals surface area contributed by atoms with Crippen molar-refractivity contribution in [2.45, 2.75) is 38.1 Å². The summed E-state index contributed by atoms with van der Waals surface area (Å²) in [6.45, 7) is 6.32. The number of carbonyl (C=O) groups excluding carboxylic acids is 1. The minimum absolute atomic E-state index is 0.0153. The minimum atomic E-state index is -0.0153. The van der Waals surface area contributed by atoms with Crippen molar-refractivity contribution in [2.24, 2.45) is 0 Å². The standard InChI is InChI=1S/C17H24N2O/c1-14(15-8-4-2-5-9-15)17(20)19-12-16(13-19)18-10-6-3-7-11-18/h2,4-5,8-9,14,16H,3,6-7,10-13H2,1H3. The van der Waals surface area contributed by atoms with Crippen LogP contribution in [0.25, 0.3) is 0 Å². The van der Waals surface area contributed by atoms with Gasteiger partial charge in [0.15, 0.2) is 0 Å². The minimum Gasteiger partial charge on any atom is -0.339 e. The summed E-state index contributed by atoms with van der Waals surface area (Å²) in [5, 5.41) is 0. The van der Waals surface area contributed by atoms with Gasteiger partial charge in [-0.3, -0.25) is 9.69 Å². The Hall–Kier alpha value is -1.35. The predicted octanol–water partition coefficient (Wildman–Crippen LogP) is 2.49. The molecule has 0 aliphatic carbocycles. The Bertz CT molecular complexity index is 447. The van der Waals surface area contributed by atoms with E-state index in [1.807, 2.05) is 42.2 Å². The maximum Gasteiger partial charge on any atom is 0.229 e. The summed E-state index contributed by atoms with van der Waals surface area (Å²) < 4.78 is 0. The Balaban J connectivity index is 1.53. The highest BCUT2D eigenvalue weighted by Crippen LogP contribution is 2.24. The molecule has 0 saturated carbocycles. The summed E-state index contributed by atoms with van der Waals surface area (Å²) in [6.07, 6.45) is 4.02. The van der Waals surface area contributed by atoms with Crippen molar-refractivity contribution >= 4 is 5.91 Å². The van der Waals surface area contributed by atoms with Crippen molar-refractivity contribution in [1.29, 1.82) is 0 Å². The summed E-state index contributed by atoms with van der Waals surface area (Å²) in [7, 11) is 0. The number of rotatable bonds is 3. The number of hydrogen-bond acceptors (Lipinski definition) is 2.